The molecule has 1 unspecified atom stereocenters. The lowest BCUT2D eigenvalue weighted by atomic mass is 9.74. The van der Waals surface area contributed by atoms with E-state index >= 15 is 4.39 Å². The Kier molecular flexibility index (Phi) is 3.37. The Morgan fingerprint density at radius 1 is 1.16 bits per heavy atom. The van der Waals surface area contributed by atoms with Crippen molar-refractivity contribution < 1.29 is 9.50 Å². The normalized spacial score (nSPS) is 32.2. The maximum Gasteiger partial charge on any atom is 0.111 e. The number of aliphatic hydroxyl groups is 1. The van der Waals surface area contributed by atoms with Crippen LogP contribution in [0.15, 0.2) is 36.8 Å². The largest absolute Gasteiger partial charge is 0.390 e. The van der Waals surface area contributed by atoms with Crippen molar-refractivity contribution in [3.8, 4) is 11.3 Å². The summed E-state index contributed by atoms with van der Waals surface area (Å²) < 4.78 is 17.6. The van der Waals surface area contributed by atoms with Gasteiger partial charge in [-0.1, -0.05) is 24.3 Å². The molecule has 3 aliphatic rings. The number of rotatable bonds is 4. The number of nitrogens with zero attached hydrogens (tertiary/aromatic N) is 2. The van der Waals surface area contributed by atoms with E-state index in [1.165, 1.54) is 11.1 Å². The Balaban J connectivity index is 1.29. The molecule has 132 valence electrons. The van der Waals surface area contributed by atoms with Crippen molar-refractivity contribution in [1.82, 2.24) is 9.55 Å². The van der Waals surface area contributed by atoms with Crippen molar-refractivity contribution in [2.45, 2.75) is 68.7 Å². The van der Waals surface area contributed by atoms with Crippen LogP contribution in [0.3, 0.4) is 0 Å². The van der Waals surface area contributed by atoms with E-state index in [9.17, 15) is 5.11 Å². The first kappa shape index (κ1) is 15.6. The van der Waals surface area contributed by atoms with Gasteiger partial charge < -0.3 is 9.67 Å². The molecule has 1 atom stereocenters. The van der Waals surface area contributed by atoms with E-state index in [2.05, 4.69) is 33.8 Å². The quantitative estimate of drug-likeness (QED) is 0.879. The van der Waals surface area contributed by atoms with E-state index in [-0.39, 0.29) is 6.04 Å². The molecule has 1 aliphatic heterocycles. The number of benzene rings is 1. The predicted molar refractivity (Wildman–Crippen MR) is 95.0 cm³/mol. The lowest BCUT2D eigenvalue weighted by molar-refractivity contribution is 0.00632. The standard InChI is InChI=1S/C21H25FN2O/c22-20(8-5-15(6-9-20)21(25)11-12-21)10-7-18-16-3-1-2-4-17(16)19-13-23-14-24(18)19/h1-4,13-15,18,25H,5-12H2. The molecule has 1 aromatic heterocycles. The number of hydrogen-bond acceptors (Lipinski definition) is 2. The summed E-state index contributed by atoms with van der Waals surface area (Å²) in [5.41, 5.74) is 2.16. The Morgan fingerprint density at radius 3 is 2.68 bits per heavy atom. The highest BCUT2D eigenvalue weighted by atomic mass is 19.1. The van der Waals surface area contributed by atoms with Gasteiger partial charge in [-0.05, 0) is 62.8 Å². The van der Waals surface area contributed by atoms with Gasteiger partial charge in [-0.15, -0.1) is 0 Å². The molecule has 2 aromatic rings. The van der Waals surface area contributed by atoms with Crippen LogP contribution in [-0.2, 0) is 0 Å². The molecule has 1 N–H and O–H groups in total. The van der Waals surface area contributed by atoms with Crippen LogP contribution in [0.25, 0.3) is 11.3 Å². The molecule has 2 fully saturated rings. The summed E-state index contributed by atoms with van der Waals surface area (Å²) in [4.78, 5) is 4.29. The Labute approximate surface area is 147 Å². The predicted octanol–water partition coefficient (Wildman–Crippen LogP) is 4.66. The van der Waals surface area contributed by atoms with Crippen molar-refractivity contribution in [2.24, 2.45) is 5.92 Å². The zero-order chi connectivity index (χ0) is 17.1. The number of imidazole rings is 1. The summed E-state index contributed by atoms with van der Waals surface area (Å²) in [6.07, 6.45) is 9.90. The van der Waals surface area contributed by atoms with Crippen LogP contribution >= 0.6 is 0 Å². The molecule has 0 radical (unpaired) electrons. The number of hydrogen-bond donors (Lipinski definition) is 1. The van der Waals surface area contributed by atoms with Crippen molar-refractivity contribution in [2.75, 3.05) is 0 Å². The third kappa shape index (κ3) is 2.53. The highest BCUT2D eigenvalue weighted by molar-refractivity contribution is 5.68. The molecule has 0 saturated heterocycles. The summed E-state index contributed by atoms with van der Waals surface area (Å²) in [7, 11) is 0. The van der Waals surface area contributed by atoms with Gasteiger partial charge in [0.15, 0.2) is 0 Å². The summed E-state index contributed by atoms with van der Waals surface area (Å²) in [6, 6.07) is 8.62. The van der Waals surface area contributed by atoms with E-state index < -0.39 is 11.3 Å². The first-order chi connectivity index (χ1) is 12.1. The highest BCUT2D eigenvalue weighted by Gasteiger charge is 2.50. The molecule has 3 nitrogen and oxygen atoms in total. The smallest absolute Gasteiger partial charge is 0.111 e. The minimum absolute atomic E-state index is 0.201. The summed E-state index contributed by atoms with van der Waals surface area (Å²) in [5, 5.41) is 10.3. The van der Waals surface area contributed by atoms with Gasteiger partial charge in [0.2, 0.25) is 0 Å². The number of fused-ring (bicyclic) bond motifs is 3. The molecule has 0 amide bonds. The molecule has 1 aromatic carbocycles. The summed E-state index contributed by atoms with van der Waals surface area (Å²) >= 11 is 0. The molecule has 2 saturated carbocycles. The van der Waals surface area contributed by atoms with Gasteiger partial charge in [0, 0.05) is 5.56 Å². The topological polar surface area (TPSA) is 38.1 Å². The first-order valence-corrected chi connectivity index (χ1v) is 9.60. The van der Waals surface area contributed by atoms with E-state index in [1.54, 1.807) is 0 Å². The Hall–Kier alpha value is -1.68. The fourth-order valence-electron chi connectivity index (χ4n) is 5.08. The van der Waals surface area contributed by atoms with Gasteiger partial charge in [-0.3, -0.25) is 0 Å². The lowest BCUT2D eigenvalue weighted by Crippen LogP contribution is -2.35. The van der Waals surface area contributed by atoms with Crippen LogP contribution in [0.2, 0.25) is 0 Å². The van der Waals surface area contributed by atoms with Gasteiger partial charge in [-0.25, -0.2) is 9.37 Å². The van der Waals surface area contributed by atoms with Crippen LogP contribution in [0.4, 0.5) is 4.39 Å². The molecule has 2 aliphatic carbocycles. The second-order valence-electron chi connectivity index (χ2n) is 8.36. The van der Waals surface area contributed by atoms with Crippen molar-refractivity contribution in [3.63, 3.8) is 0 Å². The van der Waals surface area contributed by atoms with Gasteiger partial charge >= 0.3 is 0 Å². The number of halogens is 1. The maximum absolute atomic E-state index is 15.4. The van der Waals surface area contributed by atoms with E-state index in [0.717, 1.165) is 37.8 Å². The summed E-state index contributed by atoms with van der Waals surface area (Å²) in [6.45, 7) is 0. The van der Waals surface area contributed by atoms with Gasteiger partial charge in [-0.2, -0.15) is 0 Å². The lowest BCUT2D eigenvalue weighted by Gasteiger charge is -2.36. The van der Waals surface area contributed by atoms with Crippen LogP contribution in [0, 0.1) is 5.92 Å². The zero-order valence-corrected chi connectivity index (χ0v) is 14.5. The van der Waals surface area contributed by atoms with Gasteiger partial charge in [0.05, 0.1) is 29.9 Å². The average molecular weight is 340 g/mol. The molecule has 4 heteroatoms. The zero-order valence-electron chi connectivity index (χ0n) is 14.5. The van der Waals surface area contributed by atoms with Crippen LogP contribution in [0.5, 0.6) is 0 Å². The Morgan fingerprint density at radius 2 is 1.92 bits per heavy atom. The SMILES string of the molecule is OC1(C2CCC(F)(CCC3c4ccccc4-c4cncn43)CC2)CC1. The average Bonchev–Trinajstić information content (AvgIpc) is 3.07. The molecule has 0 spiro atoms. The van der Waals surface area contributed by atoms with E-state index in [0.29, 0.717) is 25.2 Å². The minimum atomic E-state index is -1.07. The number of aromatic nitrogens is 2. The summed E-state index contributed by atoms with van der Waals surface area (Å²) in [5.74, 6) is 0.323. The van der Waals surface area contributed by atoms with Gasteiger partial charge in [0.1, 0.15) is 5.67 Å². The molecule has 2 heterocycles. The number of alkyl halides is 1. The fraction of sp³-hybridized carbons (Fsp3) is 0.571. The molecular formula is C21H25FN2O. The first-order valence-electron chi connectivity index (χ1n) is 9.60. The van der Waals surface area contributed by atoms with Gasteiger partial charge in [0.25, 0.3) is 0 Å². The van der Waals surface area contributed by atoms with E-state index in [4.69, 9.17) is 0 Å². The second-order valence-corrected chi connectivity index (χ2v) is 8.36. The van der Waals surface area contributed by atoms with Crippen LogP contribution in [0.1, 0.15) is 63.0 Å². The van der Waals surface area contributed by atoms with Crippen LogP contribution in [-0.4, -0.2) is 25.9 Å². The molecule has 0 bridgehead atoms. The van der Waals surface area contributed by atoms with Crippen molar-refractivity contribution in [1.29, 1.82) is 0 Å². The third-order valence-corrected chi connectivity index (χ3v) is 6.87. The Bertz CT molecular complexity index is 787. The third-order valence-electron chi connectivity index (χ3n) is 6.87. The minimum Gasteiger partial charge on any atom is -0.390 e. The molecular weight excluding hydrogens is 315 g/mol. The molecule has 5 rings (SSSR count). The maximum atomic E-state index is 15.4. The highest BCUT2D eigenvalue weighted by Crippen LogP contribution is 2.52. The van der Waals surface area contributed by atoms with Crippen LogP contribution < -0.4 is 0 Å². The van der Waals surface area contributed by atoms with Crippen molar-refractivity contribution in [3.05, 3.63) is 42.4 Å². The molecule has 25 heavy (non-hydrogen) atoms. The fourth-order valence-corrected chi connectivity index (χ4v) is 5.08. The monoisotopic (exact) mass is 340 g/mol. The van der Waals surface area contributed by atoms with E-state index in [1.807, 2.05) is 12.5 Å². The van der Waals surface area contributed by atoms with Crippen molar-refractivity contribution >= 4 is 0 Å². The second kappa shape index (κ2) is 5.41.